The molecule has 0 bridgehead atoms. The fraction of sp³-hybridized carbons (Fsp3) is 0.250. The lowest BCUT2D eigenvalue weighted by atomic mass is 10.2. The molecule has 0 amide bonds. The van der Waals surface area contributed by atoms with Crippen LogP contribution in [0.25, 0.3) is 11.3 Å². The number of nitrogens with one attached hydrogen (secondary N) is 1. The minimum Gasteiger partial charge on any atom is -0.342 e. The van der Waals surface area contributed by atoms with Crippen molar-refractivity contribution in [3.05, 3.63) is 40.5 Å². The van der Waals surface area contributed by atoms with Gasteiger partial charge in [-0.25, -0.2) is 9.37 Å². The molecule has 1 heterocycles. The Hall–Kier alpha value is -1.20. The molecule has 0 saturated carbocycles. The summed E-state index contributed by atoms with van der Waals surface area (Å²) >= 11 is 3.33. The zero-order valence-electron chi connectivity index (χ0n) is 9.37. The lowest BCUT2D eigenvalue weighted by molar-refractivity contribution is 0.627. The number of imidazole rings is 1. The zero-order chi connectivity index (χ0) is 12.4. The molecule has 1 aromatic heterocycles. The number of hydrogen-bond donors (Lipinski definition) is 2. The fourth-order valence-corrected chi connectivity index (χ4v) is 2.18. The SMILES string of the molecule is CC(N)Cc1ncc(-c2ccc(F)cc2Br)[nH]1. The molecule has 3 nitrogen and oxygen atoms in total. The van der Waals surface area contributed by atoms with Gasteiger partial charge in [-0.15, -0.1) is 0 Å². The van der Waals surface area contributed by atoms with Crippen LogP contribution in [0.4, 0.5) is 4.39 Å². The molecule has 17 heavy (non-hydrogen) atoms. The first-order chi connectivity index (χ1) is 8.06. The Morgan fingerprint density at radius 1 is 1.53 bits per heavy atom. The van der Waals surface area contributed by atoms with Crippen molar-refractivity contribution in [2.45, 2.75) is 19.4 Å². The second kappa shape index (κ2) is 4.98. The van der Waals surface area contributed by atoms with E-state index in [0.717, 1.165) is 17.1 Å². The number of hydrogen-bond acceptors (Lipinski definition) is 2. The van der Waals surface area contributed by atoms with Crippen molar-refractivity contribution >= 4 is 15.9 Å². The molecule has 2 rings (SSSR count). The highest BCUT2D eigenvalue weighted by atomic mass is 79.9. The second-order valence-corrected chi connectivity index (χ2v) is 4.90. The van der Waals surface area contributed by atoms with E-state index in [-0.39, 0.29) is 11.9 Å². The molecule has 0 aliphatic rings. The quantitative estimate of drug-likeness (QED) is 0.915. The Morgan fingerprint density at radius 2 is 2.29 bits per heavy atom. The van der Waals surface area contributed by atoms with Crippen molar-refractivity contribution in [2.24, 2.45) is 5.73 Å². The number of aromatic amines is 1. The van der Waals surface area contributed by atoms with E-state index in [1.807, 2.05) is 6.92 Å². The first-order valence-corrected chi connectivity index (χ1v) is 6.10. The summed E-state index contributed by atoms with van der Waals surface area (Å²) in [6.07, 6.45) is 2.43. The van der Waals surface area contributed by atoms with Crippen molar-refractivity contribution in [1.29, 1.82) is 0 Å². The van der Waals surface area contributed by atoms with Gasteiger partial charge in [-0.2, -0.15) is 0 Å². The van der Waals surface area contributed by atoms with Crippen LogP contribution in [0.1, 0.15) is 12.7 Å². The average Bonchev–Trinajstić information content (AvgIpc) is 2.65. The van der Waals surface area contributed by atoms with Gasteiger partial charge in [0.05, 0.1) is 11.9 Å². The fourth-order valence-electron chi connectivity index (χ4n) is 1.62. The molecule has 1 unspecified atom stereocenters. The van der Waals surface area contributed by atoms with Gasteiger partial charge >= 0.3 is 0 Å². The number of halogens is 2. The standard InChI is InChI=1S/C12H13BrFN3/c1-7(15)4-12-16-6-11(17-12)9-3-2-8(14)5-10(9)13/h2-3,5-7H,4,15H2,1H3,(H,16,17). The molecule has 5 heteroatoms. The molecule has 0 saturated heterocycles. The molecule has 1 atom stereocenters. The van der Waals surface area contributed by atoms with E-state index in [1.165, 1.54) is 12.1 Å². The molecule has 0 fully saturated rings. The minimum absolute atomic E-state index is 0.0608. The van der Waals surface area contributed by atoms with E-state index in [4.69, 9.17) is 5.73 Å². The largest absolute Gasteiger partial charge is 0.342 e. The molecule has 0 radical (unpaired) electrons. The third kappa shape index (κ3) is 2.92. The van der Waals surface area contributed by atoms with E-state index in [9.17, 15) is 4.39 Å². The van der Waals surface area contributed by atoms with E-state index >= 15 is 0 Å². The third-order valence-electron chi connectivity index (χ3n) is 2.37. The maximum atomic E-state index is 13.0. The van der Waals surface area contributed by atoms with Crippen LogP contribution >= 0.6 is 15.9 Å². The Bertz CT molecular complexity index is 522. The number of benzene rings is 1. The minimum atomic E-state index is -0.268. The number of aromatic nitrogens is 2. The molecular formula is C12H13BrFN3. The summed E-state index contributed by atoms with van der Waals surface area (Å²) in [6, 6.07) is 4.63. The number of nitrogens with two attached hydrogens (primary N) is 1. The maximum absolute atomic E-state index is 13.0. The van der Waals surface area contributed by atoms with Crippen LogP contribution in [0, 0.1) is 5.82 Å². The summed E-state index contributed by atoms with van der Waals surface area (Å²) < 4.78 is 13.7. The first-order valence-electron chi connectivity index (χ1n) is 5.31. The summed E-state index contributed by atoms with van der Waals surface area (Å²) in [5, 5.41) is 0. The average molecular weight is 298 g/mol. The van der Waals surface area contributed by atoms with Crippen LogP contribution in [0.3, 0.4) is 0 Å². The Kier molecular flexibility index (Phi) is 3.59. The first kappa shape index (κ1) is 12.3. The highest BCUT2D eigenvalue weighted by Gasteiger charge is 2.08. The predicted octanol–water partition coefficient (Wildman–Crippen LogP) is 2.87. The number of rotatable bonds is 3. The molecule has 2 aromatic rings. The van der Waals surface area contributed by atoms with Crippen molar-refractivity contribution in [3.8, 4) is 11.3 Å². The molecule has 3 N–H and O–H groups in total. The molecular weight excluding hydrogens is 285 g/mol. The van der Waals surface area contributed by atoms with Crippen LogP contribution in [0.2, 0.25) is 0 Å². The van der Waals surface area contributed by atoms with Crippen LogP contribution in [0.15, 0.2) is 28.9 Å². The van der Waals surface area contributed by atoms with E-state index < -0.39 is 0 Å². The van der Waals surface area contributed by atoms with Crippen LogP contribution in [-0.4, -0.2) is 16.0 Å². The van der Waals surface area contributed by atoms with Crippen molar-refractivity contribution in [2.75, 3.05) is 0 Å². The molecule has 0 aliphatic carbocycles. The van der Waals surface area contributed by atoms with Gasteiger partial charge in [0, 0.05) is 22.5 Å². The Balaban J connectivity index is 2.30. The van der Waals surface area contributed by atoms with Crippen LogP contribution in [-0.2, 0) is 6.42 Å². The molecule has 0 aliphatic heterocycles. The predicted molar refractivity (Wildman–Crippen MR) is 69.0 cm³/mol. The van der Waals surface area contributed by atoms with E-state index in [0.29, 0.717) is 10.9 Å². The van der Waals surface area contributed by atoms with Gasteiger partial charge in [-0.1, -0.05) is 0 Å². The van der Waals surface area contributed by atoms with Gasteiger partial charge in [-0.3, -0.25) is 0 Å². The summed E-state index contributed by atoms with van der Waals surface area (Å²) in [6.45, 7) is 1.93. The van der Waals surface area contributed by atoms with Crippen molar-refractivity contribution in [1.82, 2.24) is 9.97 Å². The number of H-pyrrole nitrogens is 1. The van der Waals surface area contributed by atoms with Crippen LogP contribution in [0.5, 0.6) is 0 Å². The van der Waals surface area contributed by atoms with Crippen LogP contribution < -0.4 is 5.73 Å². The van der Waals surface area contributed by atoms with Gasteiger partial charge in [0.2, 0.25) is 0 Å². The van der Waals surface area contributed by atoms with Gasteiger partial charge in [-0.05, 0) is 41.1 Å². The van der Waals surface area contributed by atoms with Gasteiger partial charge < -0.3 is 10.7 Å². The highest BCUT2D eigenvalue weighted by molar-refractivity contribution is 9.10. The summed E-state index contributed by atoms with van der Waals surface area (Å²) in [4.78, 5) is 7.42. The number of nitrogens with zero attached hydrogens (tertiary/aromatic N) is 1. The topological polar surface area (TPSA) is 54.7 Å². The van der Waals surface area contributed by atoms with E-state index in [2.05, 4.69) is 25.9 Å². The molecule has 0 spiro atoms. The van der Waals surface area contributed by atoms with Gasteiger partial charge in [0.15, 0.2) is 0 Å². The van der Waals surface area contributed by atoms with Crippen molar-refractivity contribution in [3.63, 3.8) is 0 Å². The Labute approximate surface area is 107 Å². The third-order valence-corrected chi connectivity index (χ3v) is 3.02. The second-order valence-electron chi connectivity index (χ2n) is 4.05. The summed E-state index contributed by atoms with van der Waals surface area (Å²) in [5.74, 6) is 0.571. The monoisotopic (exact) mass is 297 g/mol. The lowest BCUT2D eigenvalue weighted by Gasteiger charge is -2.02. The highest BCUT2D eigenvalue weighted by Crippen LogP contribution is 2.27. The van der Waals surface area contributed by atoms with Gasteiger partial charge in [0.25, 0.3) is 0 Å². The normalized spacial score (nSPS) is 12.7. The molecule has 1 aromatic carbocycles. The van der Waals surface area contributed by atoms with E-state index in [1.54, 1.807) is 12.3 Å². The lowest BCUT2D eigenvalue weighted by Crippen LogP contribution is -2.18. The summed E-state index contributed by atoms with van der Waals surface area (Å²) in [5.41, 5.74) is 7.44. The Morgan fingerprint density at radius 3 is 2.94 bits per heavy atom. The smallest absolute Gasteiger partial charge is 0.124 e. The zero-order valence-corrected chi connectivity index (χ0v) is 11.0. The maximum Gasteiger partial charge on any atom is 0.124 e. The van der Waals surface area contributed by atoms with Gasteiger partial charge in [0.1, 0.15) is 11.6 Å². The molecule has 90 valence electrons. The summed E-state index contributed by atoms with van der Waals surface area (Å²) in [7, 11) is 0. The van der Waals surface area contributed by atoms with Crippen molar-refractivity contribution < 1.29 is 4.39 Å².